The maximum Gasteiger partial charge on any atom is 0.204 e. The van der Waals surface area contributed by atoms with Gasteiger partial charge in [0.2, 0.25) is 5.82 Å². The van der Waals surface area contributed by atoms with Crippen molar-refractivity contribution in [2.24, 2.45) is 0 Å². The Kier molecular flexibility index (Phi) is 3.49. The quantitative estimate of drug-likeness (QED) is 0.527. The summed E-state index contributed by atoms with van der Waals surface area (Å²) in [5, 5.41) is 18.3. The number of aromatic nitrogens is 4. The van der Waals surface area contributed by atoms with Crippen LogP contribution in [0, 0.1) is 0 Å². The molecule has 0 saturated carbocycles. The highest BCUT2D eigenvalue weighted by molar-refractivity contribution is 7.99. The predicted octanol–water partition coefficient (Wildman–Crippen LogP) is 4.05. The Morgan fingerprint density at radius 1 is 0.926 bits per heavy atom. The minimum Gasteiger partial charge on any atom is -0.311 e. The monoisotopic (exact) mass is 373 g/mol. The van der Waals surface area contributed by atoms with Gasteiger partial charge in [-0.15, -0.1) is 10.2 Å². The summed E-state index contributed by atoms with van der Waals surface area (Å²) < 4.78 is 0. The van der Waals surface area contributed by atoms with Gasteiger partial charge in [-0.05, 0) is 59.7 Å². The number of hydrogen-bond donors (Lipinski definition) is 2. The van der Waals surface area contributed by atoms with Crippen LogP contribution in [-0.2, 0) is 0 Å². The standard InChI is InChI=1S/C21H19N5S/c1-2-4-18-16(3-1)20(13-9-14-6-7-15(10-13)22-14)17-8-5-12(11-19(17)27-18)21-23-25-26-24-21/h1-5,8,11,14-15,22H,6-7,9-10H2,(H,23,24,25,26)/t14-,15-/m0/s1. The van der Waals surface area contributed by atoms with Crippen LogP contribution in [0.3, 0.4) is 0 Å². The average molecular weight is 373 g/mol. The molecule has 0 amide bonds. The molecule has 6 heteroatoms. The van der Waals surface area contributed by atoms with E-state index in [0.717, 1.165) is 18.4 Å². The SMILES string of the molecule is c1ccc2c(c1)Sc1cc(-c3nn[nH]n3)ccc1C2=C1C[C@@H]2CC[C@@H](C1)N2. The van der Waals surface area contributed by atoms with Gasteiger partial charge in [0.25, 0.3) is 0 Å². The van der Waals surface area contributed by atoms with E-state index in [1.54, 1.807) is 5.57 Å². The van der Waals surface area contributed by atoms with E-state index in [1.165, 1.54) is 39.3 Å². The van der Waals surface area contributed by atoms with E-state index in [2.05, 4.69) is 68.4 Å². The Morgan fingerprint density at radius 3 is 2.56 bits per heavy atom. The van der Waals surface area contributed by atoms with Crippen LogP contribution in [0.2, 0.25) is 0 Å². The molecule has 4 heterocycles. The molecule has 3 aromatic rings. The molecule has 0 unspecified atom stereocenters. The van der Waals surface area contributed by atoms with E-state index in [9.17, 15) is 0 Å². The Morgan fingerprint density at radius 2 is 1.74 bits per heavy atom. The van der Waals surface area contributed by atoms with Crippen molar-refractivity contribution in [3.63, 3.8) is 0 Å². The van der Waals surface area contributed by atoms with Gasteiger partial charge in [0.15, 0.2) is 0 Å². The largest absolute Gasteiger partial charge is 0.311 e. The molecular formula is C21H19N5S. The molecule has 3 aliphatic heterocycles. The molecule has 27 heavy (non-hydrogen) atoms. The Hall–Kier alpha value is -2.44. The maximum atomic E-state index is 4.14. The smallest absolute Gasteiger partial charge is 0.204 e. The van der Waals surface area contributed by atoms with Crippen molar-refractivity contribution < 1.29 is 0 Å². The fraction of sp³-hybridized carbons (Fsp3) is 0.286. The lowest BCUT2D eigenvalue weighted by atomic mass is 9.86. The molecule has 6 rings (SSSR count). The van der Waals surface area contributed by atoms with E-state index in [0.29, 0.717) is 17.9 Å². The molecule has 0 radical (unpaired) electrons. The van der Waals surface area contributed by atoms with Gasteiger partial charge in [0.1, 0.15) is 0 Å². The van der Waals surface area contributed by atoms with Crippen LogP contribution in [0.4, 0.5) is 0 Å². The van der Waals surface area contributed by atoms with Crippen LogP contribution < -0.4 is 5.32 Å². The Bertz CT molecular complexity index is 1040. The first-order chi connectivity index (χ1) is 13.3. The molecule has 134 valence electrons. The number of nitrogens with one attached hydrogen (secondary N) is 2. The first kappa shape index (κ1) is 15.6. The lowest BCUT2D eigenvalue weighted by Gasteiger charge is -2.30. The number of hydrogen-bond acceptors (Lipinski definition) is 5. The highest BCUT2D eigenvalue weighted by Crippen LogP contribution is 2.49. The van der Waals surface area contributed by atoms with Gasteiger partial charge >= 0.3 is 0 Å². The van der Waals surface area contributed by atoms with Gasteiger partial charge in [0.05, 0.1) is 0 Å². The molecule has 2 aromatic carbocycles. The Labute approximate surface area is 161 Å². The molecule has 2 atom stereocenters. The molecule has 3 aliphatic rings. The summed E-state index contributed by atoms with van der Waals surface area (Å²) in [4.78, 5) is 2.62. The molecule has 2 fully saturated rings. The molecular weight excluding hydrogens is 354 g/mol. The van der Waals surface area contributed by atoms with Crippen LogP contribution in [0.1, 0.15) is 36.8 Å². The molecule has 2 bridgehead atoms. The van der Waals surface area contributed by atoms with E-state index < -0.39 is 0 Å². The summed E-state index contributed by atoms with van der Waals surface area (Å²) in [5.41, 5.74) is 6.81. The second-order valence-electron chi connectivity index (χ2n) is 7.57. The van der Waals surface area contributed by atoms with Crippen molar-refractivity contribution in [2.75, 3.05) is 0 Å². The summed E-state index contributed by atoms with van der Waals surface area (Å²) in [6.45, 7) is 0. The van der Waals surface area contributed by atoms with E-state index in [1.807, 2.05) is 11.8 Å². The topological polar surface area (TPSA) is 66.5 Å². The molecule has 1 aromatic heterocycles. The summed E-state index contributed by atoms with van der Waals surface area (Å²) in [5.74, 6) is 0.645. The van der Waals surface area contributed by atoms with E-state index >= 15 is 0 Å². The van der Waals surface area contributed by atoms with Crippen molar-refractivity contribution in [2.45, 2.75) is 47.6 Å². The second kappa shape index (κ2) is 6.04. The van der Waals surface area contributed by atoms with Gasteiger partial charge in [-0.25, -0.2) is 0 Å². The molecule has 2 N–H and O–H groups in total. The summed E-state index contributed by atoms with van der Waals surface area (Å²) in [6.07, 6.45) is 4.94. The number of benzene rings is 2. The first-order valence-electron chi connectivity index (χ1n) is 9.49. The van der Waals surface area contributed by atoms with Gasteiger partial charge in [-0.1, -0.05) is 47.7 Å². The minimum atomic E-state index is 0.645. The van der Waals surface area contributed by atoms with Crippen LogP contribution >= 0.6 is 11.8 Å². The van der Waals surface area contributed by atoms with E-state index in [4.69, 9.17) is 0 Å². The zero-order chi connectivity index (χ0) is 17.8. The zero-order valence-corrected chi connectivity index (χ0v) is 15.6. The predicted molar refractivity (Wildman–Crippen MR) is 105 cm³/mol. The highest BCUT2D eigenvalue weighted by Gasteiger charge is 2.34. The van der Waals surface area contributed by atoms with Gasteiger partial charge in [-0.2, -0.15) is 5.21 Å². The van der Waals surface area contributed by atoms with Gasteiger partial charge in [0, 0.05) is 27.4 Å². The number of rotatable bonds is 1. The number of tetrazole rings is 1. The normalized spacial score (nSPS) is 23.3. The van der Waals surface area contributed by atoms with Crippen molar-refractivity contribution >= 4 is 17.3 Å². The van der Waals surface area contributed by atoms with Crippen LogP contribution in [0.15, 0.2) is 57.8 Å². The molecule has 5 nitrogen and oxygen atoms in total. The van der Waals surface area contributed by atoms with Crippen molar-refractivity contribution in [3.8, 4) is 11.4 Å². The van der Waals surface area contributed by atoms with Crippen LogP contribution in [0.5, 0.6) is 0 Å². The number of H-pyrrole nitrogens is 1. The lowest BCUT2D eigenvalue weighted by molar-refractivity contribution is 0.475. The number of fused-ring (bicyclic) bond motifs is 4. The third kappa shape index (κ3) is 2.55. The highest BCUT2D eigenvalue weighted by atomic mass is 32.2. The van der Waals surface area contributed by atoms with Crippen molar-refractivity contribution in [3.05, 3.63) is 59.2 Å². The Balaban J connectivity index is 1.54. The minimum absolute atomic E-state index is 0.645. The lowest BCUT2D eigenvalue weighted by Crippen LogP contribution is -2.35. The average Bonchev–Trinajstić information content (AvgIpc) is 3.35. The fourth-order valence-corrected chi connectivity index (χ4v) is 5.88. The maximum absolute atomic E-state index is 4.14. The summed E-state index contributed by atoms with van der Waals surface area (Å²) in [6, 6.07) is 16.7. The number of piperidine rings is 1. The molecule has 0 spiro atoms. The fourth-order valence-electron chi connectivity index (χ4n) is 4.75. The van der Waals surface area contributed by atoms with Crippen LogP contribution in [-0.4, -0.2) is 32.7 Å². The van der Waals surface area contributed by atoms with E-state index in [-0.39, 0.29) is 0 Å². The third-order valence-corrected chi connectivity index (χ3v) is 7.04. The summed E-state index contributed by atoms with van der Waals surface area (Å²) in [7, 11) is 0. The van der Waals surface area contributed by atoms with Gasteiger partial charge < -0.3 is 5.32 Å². The molecule has 2 saturated heterocycles. The van der Waals surface area contributed by atoms with Crippen LogP contribution in [0.25, 0.3) is 17.0 Å². The summed E-state index contributed by atoms with van der Waals surface area (Å²) >= 11 is 1.84. The van der Waals surface area contributed by atoms with Gasteiger partial charge in [-0.3, -0.25) is 0 Å². The second-order valence-corrected chi connectivity index (χ2v) is 8.65. The number of aromatic amines is 1. The number of nitrogens with zero attached hydrogens (tertiary/aromatic N) is 3. The first-order valence-corrected chi connectivity index (χ1v) is 10.3. The molecule has 0 aliphatic carbocycles. The van der Waals surface area contributed by atoms with Crippen molar-refractivity contribution in [1.82, 2.24) is 25.9 Å². The third-order valence-electron chi connectivity index (χ3n) is 5.90. The van der Waals surface area contributed by atoms with Crippen molar-refractivity contribution in [1.29, 1.82) is 0 Å². The zero-order valence-electron chi connectivity index (χ0n) is 14.8.